The van der Waals surface area contributed by atoms with Crippen LogP contribution >= 0.6 is 11.6 Å². The number of nitrogen functional groups attached to an aromatic ring is 1. The summed E-state index contributed by atoms with van der Waals surface area (Å²) in [5.74, 6) is 0.497. The van der Waals surface area contributed by atoms with E-state index in [1.165, 1.54) is 31.2 Å². The zero-order valence-corrected chi connectivity index (χ0v) is 12.1. The van der Waals surface area contributed by atoms with Gasteiger partial charge in [-0.05, 0) is 50.4 Å². The first-order chi connectivity index (χ1) is 9.72. The minimum atomic E-state index is 0.495. The van der Waals surface area contributed by atoms with Crippen LogP contribution in [0.1, 0.15) is 37.3 Å². The zero-order chi connectivity index (χ0) is 13.7. The van der Waals surface area contributed by atoms with E-state index in [1.807, 2.05) is 6.07 Å². The number of rotatable bonds is 3. The lowest BCUT2D eigenvalue weighted by Crippen LogP contribution is -2.19. The predicted octanol–water partition coefficient (Wildman–Crippen LogP) is 2.60. The van der Waals surface area contributed by atoms with Crippen LogP contribution in [-0.2, 0) is 6.54 Å². The number of fused-ring (bicyclic) bond motifs is 1. The van der Waals surface area contributed by atoms with Crippen molar-refractivity contribution >= 4 is 28.5 Å². The molecule has 4 rings (SSSR count). The average molecular weight is 292 g/mol. The minimum absolute atomic E-state index is 0.495. The normalized spacial score (nSPS) is 20.1. The van der Waals surface area contributed by atoms with Crippen molar-refractivity contribution in [3.05, 3.63) is 16.8 Å². The van der Waals surface area contributed by atoms with Gasteiger partial charge >= 0.3 is 0 Å². The van der Waals surface area contributed by atoms with Crippen molar-refractivity contribution < 1.29 is 0 Å². The molecule has 2 N–H and O–H groups in total. The van der Waals surface area contributed by atoms with E-state index >= 15 is 0 Å². The Morgan fingerprint density at radius 1 is 1.30 bits per heavy atom. The van der Waals surface area contributed by atoms with E-state index < -0.39 is 0 Å². The number of anilines is 1. The molecule has 0 aromatic carbocycles. The molecule has 0 unspecified atom stereocenters. The fraction of sp³-hybridized carbons (Fsp3) is 0.571. The van der Waals surface area contributed by atoms with Crippen LogP contribution in [0.5, 0.6) is 0 Å². The second-order valence-corrected chi connectivity index (χ2v) is 6.23. The number of likely N-dealkylation sites (tertiary alicyclic amines) is 1. The highest BCUT2D eigenvalue weighted by Gasteiger charge is 2.29. The molecule has 0 atom stereocenters. The van der Waals surface area contributed by atoms with Crippen molar-refractivity contribution in [2.24, 2.45) is 0 Å². The third-order valence-electron chi connectivity index (χ3n) is 4.21. The molecular weight excluding hydrogens is 274 g/mol. The fourth-order valence-corrected chi connectivity index (χ4v) is 3.31. The van der Waals surface area contributed by atoms with Crippen molar-refractivity contribution in [1.82, 2.24) is 19.7 Å². The molecule has 2 aliphatic rings. The number of hydrogen-bond donors (Lipinski definition) is 1. The number of halogens is 1. The van der Waals surface area contributed by atoms with Gasteiger partial charge in [-0.15, -0.1) is 0 Å². The quantitative estimate of drug-likeness (QED) is 0.883. The largest absolute Gasteiger partial charge is 0.380 e. The third kappa shape index (κ3) is 2.05. The van der Waals surface area contributed by atoms with Crippen LogP contribution in [0.4, 0.5) is 5.82 Å². The van der Waals surface area contributed by atoms with E-state index in [0.29, 0.717) is 17.0 Å². The molecule has 2 aromatic heterocycles. The van der Waals surface area contributed by atoms with Gasteiger partial charge in [-0.25, -0.2) is 4.98 Å². The van der Waals surface area contributed by atoms with E-state index in [-0.39, 0.29) is 0 Å². The Morgan fingerprint density at radius 3 is 2.75 bits per heavy atom. The Morgan fingerprint density at radius 2 is 2.05 bits per heavy atom. The van der Waals surface area contributed by atoms with Crippen LogP contribution in [0, 0.1) is 0 Å². The van der Waals surface area contributed by atoms with Gasteiger partial charge in [0.05, 0.1) is 11.6 Å². The second kappa shape index (κ2) is 4.60. The van der Waals surface area contributed by atoms with Gasteiger partial charge < -0.3 is 5.73 Å². The molecular formula is C14H18ClN5. The molecule has 0 bridgehead atoms. The smallest absolute Gasteiger partial charge is 0.172 e. The molecule has 6 heteroatoms. The number of nitrogens with zero attached hydrogens (tertiary/aromatic N) is 4. The summed E-state index contributed by atoms with van der Waals surface area (Å²) in [4.78, 5) is 6.84. The molecule has 20 heavy (non-hydrogen) atoms. The minimum Gasteiger partial charge on any atom is -0.380 e. The molecule has 1 saturated carbocycles. The van der Waals surface area contributed by atoms with Gasteiger partial charge in [0.1, 0.15) is 10.7 Å². The Hall–Kier alpha value is -1.33. The van der Waals surface area contributed by atoms with Crippen molar-refractivity contribution in [2.45, 2.75) is 38.3 Å². The molecule has 0 radical (unpaired) electrons. The van der Waals surface area contributed by atoms with Crippen molar-refractivity contribution in [3.63, 3.8) is 0 Å². The number of aromatic nitrogens is 3. The maximum atomic E-state index is 6.16. The molecule has 2 fully saturated rings. The van der Waals surface area contributed by atoms with E-state index in [0.717, 1.165) is 30.7 Å². The number of nitrogens with two attached hydrogens (primary N) is 1. The van der Waals surface area contributed by atoms with Gasteiger partial charge in [0, 0.05) is 6.54 Å². The lowest BCUT2D eigenvalue weighted by atomic mass is 10.2. The monoisotopic (exact) mass is 291 g/mol. The highest BCUT2D eigenvalue weighted by molar-refractivity contribution is 6.30. The summed E-state index contributed by atoms with van der Waals surface area (Å²) in [6.45, 7) is 3.24. The Bertz CT molecular complexity index is 655. The number of pyridine rings is 1. The standard InChI is InChI=1S/C14H18ClN5/c15-11-7-9(8-19-5-1-2-6-19)13-12(17-11)14(16)18-20(13)10-3-4-10/h7,10H,1-6,8H2,(H2,16,18). The Kier molecular flexibility index (Phi) is 2.86. The maximum absolute atomic E-state index is 6.16. The van der Waals surface area contributed by atoms with Gasteiger partial charge in [-0.1, -0.05) is 11.6 Å². The lowest BCUT2D eigenvalue weighted by molar-refractivity contribution is 0.332. The van der Waals surface area contributed by atoms with Crippen LogP contribution in [0.25, 0.3) is 11.0 Å². The SMILES string of the molecule is Nc1nn(C2CC2)c2c(CN3CCCC3)cc(Cl)nc12. The van der Waals surface area contributed by atoms with Crippen LogP contribution in [0.2, 0.25) is 5.15 Å². The molecule has 1 aliphatic carbocycles. The van der Waals surface area contributed by atoms with Gasteiger partial charge in [0.15, 0.2) is 5.82 Å². The van der Waals surface area contributed by atoms with Crippen LogP contribution in [0.15, 0.2) is 6.07 Å². The molecule has 5 nitrogen and oxygen atoms in total. The maximum Gasteiger partial charge on any atom is 0.172 e. The summed E-state index contributed by atoms with van der Waals surface area (Å²) in [6.07, 6.45) is 4.93. The highest BCUT2D eigenvalue weighted by Crippen LogP contribution is 2.39. The first-order valence-electron chi connectivity index (χ1n) is 7.28. The predicted molar refractivity (Wildman–Crippen MR) is 79.7 cm³/mol. The first-order valence-corrected chi connectivity index (χ1v) is 7.65. The van der Waals surface area contributed by atoms with Crippen LogP contribution in [-0.4, -0.2) is 32.8 Å². The lowest BCUT2D eigenvalue weighted by Gasteiger charge is -2.16. The van der Waals surface area contributed by atoms with Crippen LogP contribution in [0.3, 0.4) is 0 Å². The molecule has 0 amide bonds. The van der Waals surface area contributed by atoms with Gasteiger partial charge in [-0.2, -0.15) is 5.10 Å². The fourth-order valence-electron chi connectivity index (χ4n) is 3.09. The molecule has 1 aliphatic heterocycles. The van der Waals surface area contributed by atoms with E-state index in [1.54, 1.807) is 0 Å². The summed E-state index contributed by atoms with van der Waals surface area (Å²) in [5, 5.41) is 4.99. The molecule has 2 aromatic rings. The topological polar surface area (TPSA) is 60.0 Å². The molecule has 0 spiro atoms. The summed E-state index contributed by atoms with van der Waals surface area (Å²) in [7, 11) is 0. The van der Waals surface area contributed by atoms with E-state index in [9.17, 15) is 0 Å². The van der Waals surface area contributed by atoms with Crippen LogP contribution < -0.4 is 5.73 Å². The number of hydrogen-bond acceptors (Lipinski definition) is 4. The summed E-state index contributed by atoms with van der Waals surface area (Å²) in [5.41, 5.74) is 9.08. The van der Waals surface area contributed by atoms with Gasteiger partial charge in [0.25, 0.3) is 0 Å². The van der Waals surface area contributed by atoms with Crippen molar-refractivity contribution in [1.29, 1.82) is 0 Å². The third-order valence-corrected chi connectivity index (χ3v) is 4.41. The Labute approximate surface area is 122 Å². The average Bonchev–Trinajstić information content (AvgIpc) is 3.04. The first kappa shape index (κ1) is 12.4. The Balaban J connectivity index is 1.84. The van der Waals surface area contributed by atoms with Crippen molar-refractivity contribution in [3.8, 4) is 0 Å². The molecule has 3 heterocycles. The summed E-state index contributed by atoms with van der Waals surface area (Å²) in [6, 6.07) is 2.47. The molecule has 106 valence electrons. The van der Waals surface area contributed by atoms with Gasteiger partial charge in [-0.3, -0.25) is 9.58 Å². The second-order valence-electron chi connectivity index (χ2n) is 5.85. The zero-order valence-electron chi connectivity index (χ0n) is 11.3. The highest BCUT2D eigenvalue weighted by atomic mass is 35.5. The summed E-state index contributed by atoms with van der Waals surface area (Å²) < 4.78 is 2.07. The molecule has 1 saturated heterocycles. The van der Waals surface area contributed by atoms with E-state index in [4.69, 9.17) is 17.3 Å². The summed E-state index contributed by atoms with van der Waals surface area (Å²) >= 11 is 6.16. The van der Waals surface area contributed by atoms with Gasteiger partial charge in [0.2, 0.25) is 0 Å². The van der Waals surface area contributed by atoms with E-state index in [2.05, 4.69) is 19.7 Å². The van der Waals surface area contributed by atoms with Crippen molar-refractivity contribution in [2.75, 3.05) is 18.8 Å².